The van der Waals surface area contributed by atoms with E-state index in [1.165, 1.54) is 6.92 Å². The average Bonchev–Trinajstić information content (AvgIpc) is 2.77. The Morgan fingerprint density at radius 3 is 2.03 bits per heavy atom. The second-order valence-electron chi connectivity index (χ2n) is 8.42. The van der Waals surface area contributed by atoms with Gasteiger partial charge < -0.3 is 10.6 Å². The monoisotopic (exact) mass is 454 g/mol. The van der Waals surface area contributed by atoms with Crippen molar-refractivity contribution in [2.24, 2.45) is 11.8 Å². The van der Waals surface area contributed by atoms with Crippen molar-refractivity contribution in [3.63, 3.8) is 0 Å². The molecule has 5 nitrogen and oxygen atoms in total. The smallest absolute Gasteiger partial charge is 0.242 e. The normalized spacial score (nSPS) is 12.8. The van der Waals surface area contributed by atoms with Crippen molar-refractivity contribution in [3.8, 4) is 0 Å². The summed E-state index contributed by atoms with van der Waals surface area (Å²) in [7, 11) is 0. The maximum Gasteiger partial charge on any atom is 0.242 e. The lowest BCUT2D eigenvalue weighted by atomic mass is 9.98. The van der Waals surface area contributed by atoms with Crippen molar-refractivity contribution in [3.05, 3.63) is 71.8 Å². The Labute approximate surface area is 195 Å². The molecule has 2 aromatic carbocycles. The van der Waals surface area contributed by atoms with Gasteiger partial charge in [0, 0.05) is 25.1 Å². The highest BCUT2D eigenvalue weighted by molar-refractivity contribution is 8.13. The van der Waals surface area contributed by atoms with Crippen LogP contribution in [0.15, 0.2) is 60.7 Å². The van der Waals surface area contributed by atoms with Crippen LogP contribution in [0.25, 0.3) is 0 Å². The average molecular weight is 455 g/mol. The molecular formula is C26H34N2O3S. The number of carbonyl (C=O) groups excluding carboxylic acids is 3. The first-order chi connectivity index (χ1) is 15.3. The number of thioether (sulfide) groups is 1. The summed E-state index contributed by atoms with van der Waals surface area (Å²) in [6.45, 7) is 5.99. The molecule has 0 bridgehead atoms. The van der Waals surface area contributed by atoms with Gasteiger partial charge >= 0.3 is 0 Å². The fourth-order valence-corrected chi connectivity index (χ4v) is 4.15. The Hall–Kier alpha value is -2.60. The molecule has 2 aromatic rings. The van der Waals surface area contributed by atoms with Gasteiger partial charge in [-0.25, -0.2) is 0 Å². The van der Waals surface area contributed by atoms with E-state index in [1.807, 2.05) is 74.5 Å². The lowest BCUT2D eigenvalue weighted by molar-refractivity contribution is -0.131. The second-order valence-corrected chi connectivity index (χ2v) is 9.61. The molecule has 0 saturated heterocycles. The van der Waals surface area contributed by atoms with Gasteiger partial charge in [-0.3, -0.25) is 14.4 Å². The number of carbonyl (C=O) groups is 3. The molecule has 0 spiro atoms. The number of rotatable bonds is 12. The zero-order valence-corrected chi connectivity index (χ0v) is 20.0. The van der Waals surface area contributed by atoms with Crippen LogP contribution in [-0.4, -0.2) is 28.7 Å². The molecule has 2 atom stereocenters. The molecule has 1 unspecified atom stereocenters. The molecule has 172 valence electrons. The Kier molecular flexibility index (Phi) is 11.0. The molecule has 0 saturated carbocycles. The second kappa shape index (κ2) is 13.7. The standard InChI is InChI=1S/C26H34N2O3S/c1-19(2)16-24(26(31)27-17-22-12-8-5-9-13-22)28-25(30)23(18-32-20(3)29)15-14-21-10-6-4-7-11-21/h4-13,19,23-24H,14-18H2,1-3H3,(H,27,31)(H,28,30)/t23?,24-/m0/s1. The maximum atomic E-state index is 13.1. The molecule has 2 rings (SSSR count). The quantitative estimate of drug-likeness (QED) is 0.500. The number of hydrogen-bond acceptors (Lipinski definition) is 4. The molecule has 6 heteroatoms. The Balaban J connectivity index is 2.02. The van der Waals surface area contributed by atoms with Gasteiger partial charge in [0.2, 0.25) is 11.8 Å². The molecule has 0 aliphatic heterocycles. The minimum Gasteiger partial charge on any atom is -0.350 e. The lowest BCUT2D eigenvalue weighted by Gasteiger charge is -2.23. The summed E-state index contributed by atoms with van der Waals surface area (Å²) in [6.07, 6.45) is 1.92. The van der Waals surface area contributed by atoms with Gasteiger partial charge in [-0.1, -0.05) is 86.3 Å². The van der Waals surface area contributed by atoms with Gasteiger partial charge in [0.05, 0.1) is 0 Å². The number of amides is 2. The van der Waals surface area contributed by atoms with Crippen LogP contribution in [-0.2, 0) is 27.3 Å². The van der Waals surface area contributed by atoms with Crippen LogP contribution >= 0.6 is 11.8 Å². The summed E-state index contributed by atoms with van der Waals surface area (Å²) in [6, 6.07) is 19.1. The SMILES string of the molecule is CC(=O)SCC(CCc1ccccc1)C(=O)N[C@@H](CC(C)C)C(=O)NCc1ccccc1. The Morgan fingerprint density at radius 2 is 1.47 bits per heavy atom. The molecule has 0 radical (unpaired) electrons. The van der Waals surface area contributed by atoms with Crippen LogP contribution in [0, 0.1) is 11.8 Å². The Bertz CT molecular complexity index is 856. The summed E-state index contributed by atoms with van der Waals surface area (Å²) in [5.41, 5.74) is 2.16. The molecule has 0 heterocycles. The van der Waals surface area contributed by atoms with Crippen molar-refractivity contribution in [1.82, 2.24) is 10.6 Å². The first kappa shape index (κ1) is 25.7. The molecule has 0 aliphatic carbocycles. The van der Waals surface area contributed by atoms with Crippen LogP contribution in [0.4, 0.5) is 0 Å². The fraction of sp³-hybridized carbons (Fsp3) is 0.423. The summed E-state index contributed by atoms with van der Waals surface area (Å²) in [5.74, 6) is -0.0430. The van der Waals surface area contributed by atoms with E-state index in [4.69, 9.17) is 0 Å². The lowest BCUT2D eigenvalue weighted by Crippen LogP contribution is -2.49. The molecule has 0 aromatic heterocycles. The molecular weight excluding hydrogens is 420 g/mol. The van der Waals surface area contributed by atoms with Crippen LogP contribution in [0.1, 0.15) is 44.7 Å². The van der Waals surface area contributed by atoms with E-state index in [0.717, 1.165) is 29.3 Å². The van der Waals surface area contributed by atoms with Crippen molar-refractivity contribution in [2.75, 3.05) is 5.75 Å². The van der Waals surface area contributed by atoms with Gasteiger partial charge in [0.15, 0.2) is 5.12 Å². The molecule has 32 heavy (non-hydrogen) atoms. The predicted octanol–water partition coefficient (Wildman–Crippen LogP) is 4.36. The molecule has 2 N–H and O–H groups in total. The van der Waals surface area contributed by atoms with Crippen LogP contribution in [0.3, 0.4) is 0 Å². The number of hydrogen-bond donors (Lipinski definition) is 2. The molecule has 0 aliphatic rings. The van der Waals surface area contributed by atoms with E-state index >= 15 is 0 Å². The van der Waals surface area contributed by atoms with Gasteiger partial charge in [-0.15, -0.1) is 0 Å². The summed E-state index contributed by atoms with van der Waals surface area (Å²) in [4.78, 5) is 37.5. The number of benzene rings is 2. The van der Waals surface area contributed by atoms with Gasteiger partial charge in [0.25, 0.3) is 0 Å². The van der Waals surface area contributed by atoms with E-state index in [1.54, 1.807) is 0 Å². The highest BCUT2D eigenvalue weighted by Gasteiger charge is 2.26. The third-order valence-corrected chi connectivity index (χ3v) is 6.11. The first-order valence-electron chi connectivity index (χ1n) is 11.1. The van der Waals surface area contributed by atoms with E-state index in [2.05, 4.69) is 10.6 Å². The van der Waals surface area contributed by atoms with Crippen LogP contribution in [0.2, 0.25) is 0 Å². The van der Waals surface area contributed by atoms with Crippen LogP contribution in [0.5, 0.6) is 0 Å². The van der Waals surface area contributed by atoms with Crippen LogP contribution < -0.4 is 10.6 Å². The van der Waals surface area contributed by atoms with Gasteiger partial charge in [-0.2, -0.15) is 0 Å². The zero-order chi connectivity index (χ0) is 23.3. The van der Waals surface area contributed by atoms with E-state index in [-0.39, 0.29) is 28.8 Å². The van der Waals surface area contributed by atoms with Crippen molar-refractivity contribution >= 4 is 28.7 Å². The van der Waals surface area contributed by atoms with E-state index in [0.29, 0.717) is 25.1 Å². The number of aryl methyl sites for hydroxylation is 1. The largest absolute Gasteiger partial charge is 0.350 e. The number of nitrogens with one attached hydrogen (secondary N) is 2. The summed E-state index contributed by atoms with van der Waals surface area (Å²) < 4.78 is 0. The maximum absolute atomic E-state index is 13.1. The van der Waals surface area contributed by atoms with Crippen molar-refractivity contribution in [2.45, 2.75) is 52.6 Å². The first-order valence-corrected chi connectivity index (χ1v) is 12.1. The highest BCUT2D eigenvalue weighted by atomic mass is 32.2. The van der Waals surface area contributed by atoms with E-state index < -0.39 is 6.04 Å². The predicted molar refractivity (Wildman–Crippen MR) is 131 cm³/mol. The molecule has 0 fully saturated rings. The topological polar surface area (TPSA) is 75.3 Å². The summed E-state index contributed by atoms with van der Waals surface area (Å²) in [5, 5.41) is 5.90. The third-order valence-electron chi connectivity index (χ3n) is 5.13. The summed E-state index contributed by atoms with van der Waals surface area (Å²) >= 11 is 1.16. The molecule has 2 amide bonds. The highest BCUT2D eigenvalue weighted by Crippen LogP contribution is 2.18. The van der Waals surface area contributed by atoms with Crippen molar-refractivity contribution in [1.29, 1.82) is 0 Å². The van der Waals surface area contributed by atoms with Gasteiger partial charge in [-0.05, 0) is 36.3 Å². The van der Waals surface area contributed by atoms with E-state index in [9.17, 15) is 14.4 Å². The zero-order valence-electron chi connectivity index (χ0n) is 19.2. The Morgan fingerprint density at radius 1 is 0.875 bits per heavy atom. The van der Waals surface area contributed by atoms with Crippen molar-refractivity contribution < 1.29 is 14.4 Å². The third kappa shape index (κ3) is 9.69. The fourth-order valence-electron chi connectivity index (χ4n) is 3.39. The minimum atomic E-state index is -0.604. The minimum absolute atomic E-state index is 0.0122. The van der Waals surface area contributed by atoms with Gasteiger partial charge in [0.1, 0.15) is 6.04 Å².